The van der Waals surface area contributed by atoms with Gasteiger partial charge in [-0.2, -0.15) is 0 Å². The number of aryl methyl sites for hydroxylation is 1. The molecule has 3 rings (SSSR count). The van der Waals surface area contributed by atoms with Crippen LogP contribution >= 0.6 is 36.4 Å². The minimum atomic E-state index is 0. The topological polar surface area (TPSA) is 49.6 Å². The smallest absolute Gasteiger partial charge is 0.222 e. The monoisotopic (exact) mass is 429 g/mol. The molecule has 0 spiro atoms. The molecule has 148 valence electrons. The van der Waals surface area contributed by atoms with Crippen molar-refractivity contribution in [3.8, 4) is 0 Å². The molecule has 0 saturated carbocycles. The minimum Gasteiger partial charge on any atom is -0.399 e. The fourth-order valence-electron chi connectivity index (χ4n) is 3.16. The number of nitrogens with two attached hydrogens (primary N) is 1. The van der Waals surface area contributed by atoms with E-state index < -0.39 is 0 Å². The Morgan fingerprint density at radius 2 is 1.59 bits per heavy atom. The van der Waals surface area contributed by atoms with Crippen LogP contribution in [-0.2, 0) is 17.8 Å². The molecule has 2 N–H and O–H groups in total. The van der Waals surface area contributed by atoms with Crippen molar-refractivity contribution in [3.05, 3.63) is 64.7 Å². The standard InChI is InChI=1S/C20H24ClN3O.2ClH/c21-18-8-5-16(6-9-18)15-23-11-13-24(14-12-23)20(25)10-7-17-3-1-2-4-19(17)22;;/h1-6,8-9H,7,10-15,22H2;2*1H. The highest BCUT2D eigenvalue weighted by atomic mass is 35.5. The second-order valence-corrected chi connectivity index (χ2v) is 6.92. The Kier molecular flexibility index (Phi) is 9.95. The molecule has 1 aliphatic rings. The Morgan fingerprint density at radius 1 is 0.963 bits per heavy atom. The van der Waals surface area contributed by atoms with Crippen molar-refractivity contribution in [1.82, 2.24) is 9.80 Å². The molecule has 0 aliphatic carbocycles. The Morgan fingerprint density at radius 3 is 2.22 bits per heavy atom. The maximum atomic E-state index is 12.4. The fourth-order valence-corrected chi connectivity index (χ4v) is 3.29. The summed E-state index contributed by atoms with van der Waals surface area (Å²) in [5.74, 6) is 0.217. The zero-order valence-electron chi connectivity index (χ0n) is 15.1. The lowest BCUT2D eigenvalue weighted by atomic mass is 10.1. The molecule has 2 aromatic carbocycles. The quantitative estimate of drug-likeness (QED) is 0.728. The van der Waals surface area contributed by atoms with Gasteiger partial charge in [-0.25, -0.2) is 0 Å². The van der Waals surface area contributed by atoms with Crippen LogP contribution in [0.25, 0.3) is 0 Å². The van der Waals surface area contributed by atoms with E-state index in [0.717, 1.165) is 49.0 Å². The predicted octanol–water partition coefficient (Wildman–Crippen LogP) is 4.04. The molecule has 1 saturated heterocycles. The van der Waals surface area contributed by atoms with Gasteiger partial charge in [0.1, 0.15) is 0 Å². The third kappa shape index (κ3) is 6.89. The van der Waals surface area contributed by atoms with E-state index in [1.54, 1.807) is 0 Å². The lowest BCUT2D eigenvalue weighted by Gasteiger charge is -2.35. The van der Waals surface area contributed by atoms with Crippen LogP contribution in [0.3, 0.4) is 0 Å². The number of carbonyl (C=O) groups excluding carboxylic acids is 1. The van der Waals surface area contributed by atoms with Gasteiger partial charge in [0.05, 0.1) is 0 Å². The summed E-state index contributed by atoms with van der Waals surface area (Å²) in [6.45, 7) is 4.29. The molecule has 0 unspecified atom stereocenters. The van der Waals surface area contributed by atoms with Gasteiger partial charge in [0.15, 0.2) is 0 Å². The molecule has 0 bridgehead atoms. The van der Waals surface area contributed by atoms with Gasteiger partial charge in [0.2, 0.25) is 5.91 Å². The van der Waals surface area contributed by atoms with Crippen LogP contribution in [0.4, 0.5) is 5.69 Å². The third-order valence-corrected chi connectivity index (χ3v) is 4.96. The number of nitrogens with zero attached hydrogens (tertiary/aromatic N) is 2. The maximum absolute atomic E-state index is 12.4. The Hall–Kier alpha value is -1.46. The van der Waals surface area contributed by atoms with E-state index in [2.05, 4.69) is 17.0 Å². The van der Waals surface area contributed by atoms with Crippen molar-refractivity contribution in [3.63, 3.8) is 0 Å². The molecule has 2 aromatic rings. The first-order valence-corrected chi connectivity index (χ1v) is 9.07. The van der Waals surface area contributed by atoms with Crippen LogP contribution in [-0.4, -0.2) is 41.9 Å². The summed E-state index contributed by atoms with van der Waals surface area (Å²) < 4.78 is 0. The number of amides is 1. The number of halogens is 3. The number of rotatable bonds is 5. The molecule has 1 amide bonds. The van der Waals surface area contributed by atoms with Gasteiger partial charge < -0.3 is 10.6 Å². The summed E-state index contributed by atoms with van der Waals surface area (Å²) in [6.07, 6.45) is 1.22. The van der Waals surface area contributed by atoms with Gasteiger partial charge in [0.25, 0.3) is 0 Å². The van der Waals surface area contributed by atoms with Crippen molar-refractivity contribution in [2.24, 2.45) is 0 Å². The van der Waals surface area contributed by atoms with Gasteiger partial charge in [-0.15, -0.1) is 24.8 Å². The normalized spacial score (nSPS) is 14.2. The molecular formula is C20H26Cl3N3O. The first-order chi connectivity index (χ1) is 12.1. The number of para-hydroxylation sites is 1. The van der Waals surface area contributed by atoms with Gasteiger partial charge in [0, 0.05) is 49.9 Å². The summed E-state index contributed by atoms with van der Waals surface area (Å²) in [5.41, 5.74) is 9.02. The van der Waals surface area contributed by atoms with Crippen LogP contribution < -0.4 is 5.73 Å². The molecule has 0 atom stereocenters. The first-order valence-electron chi connectivity index (χ1n) is 8.70. The van der Waals surface area contributed by atoms with Gasteiger partial charge in [-0.1, -0.05) is 41.9 Å². The van der Waals surface area contributed by atoms with E-state index >= 15 is 0 Å². The highest BCUT2D eigenvalue weighted by Crippen LogP contribution is 2.15. The van der Waals surface area contributed by atoms with Crippen molar-refractivity contribution in [2.45, 2.75) is 19.4 Å². The van der Waals surface area contributed by atoms with Crippen molar-refractivity contribution in [2.75, 3.05) is 31.9 Å². The second kappa shape index (κ2) is 11.4. The number of benzene rings is 2. The fraction of sp³-hybridized carbons (Fsp3) is 0.350. The minimum absolute atomic E-state index is 0. The van der Waals surface area contributed by atoms with E-state index in [9.17, 15) is 4.79 Å². The molecule has 4 nitrogen and oxygen atoms in total. The first kappa shape index (κ1) is 23.6. The largest absolute Gasteiger partial charge is 0.399 e. The zero-order valence-corrected chi connectivity index (χ0v) is 17.5. The van der Waals surface area contributed by atoms with Crippen LogP contribution in [0.15, 0.2) is 48.5 Å². The van der Waals surface area contributed by atoms with Crippen LogP contribution in [0.1, 0.15) is 17.5 Å². The summed E-state index contributed by atoms with van der Waals surface area (Å²) in [4.78, 5) is 16.8. The number of anilines is 1. The lowest BCUT2D eigenvalue weighted by molar-refractivity contribution is -0.132. The SMILES string of the molecule is Cl.Cl.Nc1ccccc1CCC(=O)N1CCN(Cc2ccc(Cl)cc2)CC1. The van der Waals surface area contributed by atoms with Crippen LogP contribution in [0, 0.1) is 0 Å². The van der Waals surface area contributed by atoms with Crippen LogP contribution in [0.5, 0.6) is 0 Å². The summed E-state index contributed by atoms with van der Waals surface area (Å²) in [5, 5.41) is 0.762. The molecular weight excluding hydrogens is 405 g/mol. The zero-order chi connectivity index (χ0) is 17.6. The summed E-state index contributed by atoms with van der Waals surface area (Å²) in [7, 11) is 0. The number of hydrogen-bond acceptors (Lipinski definition) is 3. The number of carbonyl (C=O) groups is 1. The number of hydrogen-bond donors (Lipinski definition) is 1. The maximum Gasteiger partial charge on any atom is 0.222 e. The lowest BCUT2D eigenvalue weighted by Crippen LogP contribution is -2.48. The Bertz CT molecular complexity index is 717. The Labute approximate surface area is 178 Å². The summed E-state index contributed by atoms with van der Waals surface area (Å²) in [6, 6.07) is 15.7. The van der Waals surface area contributed by atoms with E-state index in [0.29, 0.717) is 12.8 Å². The third-order valence-electron chi connectivity index (χ3n) is 4.71. The van der Waals surface area contributed by atoms with Crippen molar-refractivity contribution in [1.29, 1.82) is 0 Å². The highest BCUT2D eigenvalue weighted by Gasteiger charge is 2.21. The van der Waals surface area contributed by atoms with Gasteiger partial charge >= 0.3 is 0 Å². The van der Waals surface area contributed by atoms with Gasteiger partial charge in [-0.3, -0.25) is 9.69 Å². The van der Waals surface area contributed by atoms with E-state index in [4.69, 9.17) is 17.3 Å². The Balaban J connectivity index is 0.00000182. The second-order valence-electron chi connectivity index (χ2n) is 6.48. The van der Waals surface area contributed by atoms with E-state index in [-0.39, 0.29) is 30.7 Å². The number of nitrogen functional groups attached to an aromatic ring is 1. The van der Waals surface area contributed by atoms with Gasteiger partial charge in [-0.05, 0) is 35.7 Å². The molecule has 1 aliphatic heterocycles. The average Bonchev–Trinajstić information content (AvgIpc) is 2.63. The number of piperazine rings is 1. The van der Waals surface area contributed by atoms with Crippen LogP contribution in [0.2, 0.25) is 5.02 Å². The highest BCUT2D eigenvalue weighted by molar-refractivity contribution is 6.30. The summed E-state index contributed by atoms with van der Waals surface area (Å²) >= 11 is 5.93. The molecule has 0 radical (unpaired) electrons. The molecule has 1 heterocycles. The van der Waals surface area contributed by atoms with E-state index in [1.165, 1.54) is 5.56 Å². The predicted molar refractivity (Wildman–Crippen MR) is 117 cm³/mol. The van der Waals surface area contributed by atoms with E-state index in [1.807, 2.05) is 41.3 Å². The average molecular weight is 431 g/mol. The molecule has 7 heteroatoms. The molecule has 0 aromatic heterocycles. The molecule has 1 fully saturated rings. The van der Waals surface area contributed by atoms with Crippen molar-refractivity contribution >= 4 is 48.0 Å². The van der Waals surface area contributed by atoms with Crippen molar-refractivity contribution < 1.29 is 4.79 Å². The molecule has 27 heavy (non-hydrogen) atoms.